The van der Waals surface area contributed by atoms with Gasteiger partial charge in [-0.1, -0.05) is 11.6 Å². The first-order valence-electron chi connectivity index (χ1n) is 6.16. The van der Waals surface area contributed by atoms with Crippen molar-refractivity contribution in [3.63, 3.8) is 0 Å². The van der Waals surface area contributed by atoms with Crippen molar-refractivity contribution in [1.82, 2.24) is 9.78 Å². The minimum atomic E-state index is -2.30. The minimum absolute atomic E-state index is 0.300. The molecule has 0 fully saturated rings. The quantitative estimate of drug-likeness (QED) is 0.521. The normalized spacial score (nSPS) is 11.0. The lowest BCUT2D eigenvalue weighted by molar-refractivity contribution is -0.117. The van der Waals surface area contributed by atoms with Crippen LogP contribution in [-0.2, 0) is 11.3 Å². The number of carbonyl (C=O) groups excluding carboxylic acids is 1. The van der Waals surface area contributed by atoms with E-state index in [-0.39, 0.29) is 0 Å². The maximum atomic E-state index is 13.5. The van der Waals surface area contributed by atoms with Gasteiger partial charge in [-0.15, -0.1) is 0 Å². The van der Waals surface area contributed by atoms with E-state index in [1.54, 1.807) is 19.2 Å². The van der Waals surface area contributed by atoms with Crippen LogP contribution in [0.15, 0.2) is 0 Å². The molecule has 23 heavy (non-hydrogen) atoms. The Balaban J connectivity index is 2.29. The van der Waals surface area contributed by atoms with Crippen molar-refractivity contribution in [3.8, 4) is 0 Å². The van der Waals surface area contributed by atoms with E-state index < -0.39 is 47.2 Å². The van der Waals surface area contributed by atoms with Gasteiger partial charge in [0.25, 0.3) is 0 Å². The Kier molecular flexibility index (Phi) is 4.60. The molecule has 1 N–H and O–H groups in total. The molecule has 0 saturated heterocycles. The zero-order valence-electron chi connectivity index (χ0n) is 11.8. The van der Waals surface area contributed by atoms with Crippen LogP contribution in [-0.4, -0.2) is 15.7 Å². The number of amides is 1. The highest BCUT2D eigenvalue weighted by Crippen LogP contribution is 2.27. The first kappa shape index (κ1) is 17.2. The number of carbonyl (C=O) groups is 1. The number of hydrogen-bond donors (Lipinski definition) is 1. The number of halogens is 6. The van der Waals surface area contributed by atoms with Gasteiger partial charge in [-0.2, -0.15) is 5.10 Å². The van der Waals surface area contributed by atoms with E-state index in [4.69, 9.17) is 11.6 Å². The third kappa shape index (κ3) is 3.00. The fourth-order valence-corrected chi connectivity index (χ4v) is 1.99. The van der Waals surface area contributed by atoms with E-state index in [1.807, 2.05) is 0 Å². The first-order valence-corrected chi connectivity index (χ1v) is 6.53. The smallest absolute Gasteiger partial charge is 0.246 e. The van der Waals surface area contributed by atoms with Gasteiger partial charge in [0.2, 0.25) is 11.7 Å². The maximum absolute atomic E-state index is 13.5. The molecule has 0 unspecified atom stereocenters. The molecule has 2 rings (SSSR count). The maximum Gasteiger partial charge on any atom is 0.246 e. The van der Waals surface area contributed by atoms with Crippen molar-refractivity contribution in [3.05, 3.63) is 45.5 Å². The van der Waals surface area contributed by atoms with E-state index in [0.29, 0.717) is 16.4 Å². The van der Waals surface area contributed by atoms with Crippen LogP contribution in [0, 0.1) is 42.9 Å². The molecule has 4 nitrogen and oxygen atoms in total. The molecule has 0 aliphatic rings. The second-order valence-electron chi connectivity index (χ2n) is 4.64. The van der Waals surface area contributed by atoms with Crippen LogP contribution in [0.5, 0.6) is 0 Å². The number of rotatable bonds is 3. The number of aromatic nitrogens is 2. The molecule has 0 aliphatic heterocycles. The van der Waals surface area contributed by atoms with Crippen LogP contribution in [0.1, 0.15) is 11.4 Å². The molecule has 10 heteroatoms. The summed E-state index contributed by atoms with van der Waals surface area (Å²) in [6.07, 6.45) is 0. The number of benzene rings is 1. The molecule has 1 aromatic carbocycles. The topological polar surface area (TPSA) is 46.9 Å². The summed E-state index contributed by atoms with van der Waals surface area (Å²) in [4.78, 5) is 11.8. The fourth-order valence-electron chi connectivity index (χ4n) is 1.86. The summed E-state index contributed by atoms with van der Waals surface area (Å²) >= 11 is 5.88. The molecule has 1 heterocycles. The standard InChI is InChI=1S/C13H9ClF5N3O/c1-4-7(14)5(2)22(21-4)3-6(23)20-13-11(18)9(16)8(15)10(17)12(13)19/h3H2,1-2H3,(H,20,23). The van der Waals surface area contributed by atoms with Gasteiger partial charge in [0.15, 0.2) is 23.3 Å². The zero-order chi connectivity index (χ0) is 17.5. The predicted molar refractivity (Wildman–Crippen MR) is 71.6 cm³/mol. The predicted octanol–water partition coefficient (Wildman–Crippen LogP) is 3.49. The van der Waals surface area contributed by atoms with Gasteiger partial charge in [0.05, 0.1) is 16.4 Å². The van der Waals surface area contributed by atoms with E-state index >= 15 is 0 Å². The Morgan fingerprint density at radius 3 is 1.96 bits per heavy atom. The number of anilines is 1. The van der Waals surface area contributed by atoms with E-state index in [0.717, 1.165) is 4.68 Å². The Morgan fingerprint density at radius 1 is 1.04 bits per heavy atom. The molecule has 1 amide bonds. The molecular formula is C13H9ClF5N3O. The molecule has 0 radical (unpaired) electrons. The van der Waals surface area contributed by atoms with Crippen molar-refractivity contribution in [2.75, 3.05) is 5.32 Å². The summed E-state index contributed by atoms with van der Waals surface area (Å²) < 4.78 is 67.1. The van der Waals surface area contributed by atoms with Crippen LogP contribution in [0.4, 0.5) is 27.6 Å². The third-order valence-electron chi connectivity index (χ3n) is 3.06. The summed E-state index contributed by atoms with van der Waals surface area (Å²) in [5, 5.41) is 5.87. The Hall–Kier alpha value is -2.16. The van der Waals surface area contributed by atoms with Crippen molar-refractivity contribution >= 4 is 23.2 Å². The molecule has 0 spiro atoms. The van der Waals surface area contributed by atoms with Gasteiger partial charge in [0, 0.05) is 0 Å². The van der Waals surface area contributed by atoms with Gasteiger partial charge in [-0.3, -0.25) is 9.48 Å². The van der Waals surface area contributed by atoms with Crippen LogP contribution >= 0.6 is 11.6 Å². The molecule has 124 valence electrons. The molecular weight excluding hydrogens is 345 g/mol. The fraction of sp³-hybridized carbons (Fsp3) is 0.231. The highest BCUT2D eigenvalue weighted by Gasteiger charge is 2.27. The van der Waals surface area contributed by atoms with Crippen LogP contribution in [0.25, 0.3) is 0 Å². The summed E-state index contributed by atoms with van der Waals surface area (Å²) in [5.74, 6) is -11.9. The summed E-state index contributed by atoms with van der Waals surface area (Å²) in [7, 11) is 0. The molecule has 0 aliphatic carbocycles. The third-order valence-corrected chi connectivity index (χ3v) is 3.61. The van der Waals surface area contributed by atoms with Crippen molar-refractivity contribution in [2.24, 2.45) is 0 Å². The number of nitrogens with one attached hydrogen (secondary N) is 1. The lowest BCUT2D eigenvalue weighted by atomic mass is 10.2. The highest BCUT2D eigenvalue weighted by atomic mass is 35.5. The van der Waals surface area contributed by atoms with Gasteiger partial charge < -0.3 is 5.32 Å². The molecule has 0 saturated carbocycles. The average molecular weight is 354 g/mol. The minimum Gasteiger partial charge on any atom is -0.319 e. The average Bonchev–Trinajstić information content (AvgIpc) is 2.75. The van der Waals surface area contributed by atoms with E-state index in [2.05, 4.69) is 5.10 Å². The second-order valence-corrected chi connectivity index (χ2v) is 5.01. The second kappa shape index (κ2) is 6.15. The van der Waals surface area contributed by atoms with Crippen molar-refractivity contribution < 1.29 is 26.7 Å². The Morgan fingerprint density at radius 2 is 1.52 bits per heavy atom. The monoisotopic (exact) mass is 353 g/mol. The summed E-state index contributed by atoms with van der Waals surface area (Å²) in [6, 6.07) is 0. The van der Waals surface area contributed by atoms with Crippen molar-refractivity contribution in [1.29, 1.82) is 0 Å². The number of hydrogen-bond acceptors (Lipinski definition) is 2. The number of aryl methyl sites for hydroxylation is 1. The first-order chi connectivity index (χ1) is 10.6. The van der Waals surface area contributed by atoms with Crippen molar-refractivity contribution in [2.45, 2.75) is 20.4 Å². The molecule has 1 aromatic heterocycles. The van der Waals surface area contributed by atoms with Gasteiger partial charge in [-0.05, 0) is 13.8 Å². The summed E-state index contributed by atoms with van der Waals surface area (Å²) in [5.41, 5.74) is -0.580. The lowest BCUT2D eigenvalue weighted by Gasteiger charge is -2.10. The largest absolute Gasteiger partial charge is 0.319 e. The molecule has 0 atom stereocenters. The number of nitrogens with zero attached hydrogens (tertiary/aromatic N) is 2. The lowest BCUT2D eigenvalue weighted by Crippen LogP contribution is -2.22. The van der Waals surface area contributed by atoms with E-state index in [1.165, 1.54) is 0 Å². The van der Waals surface area contributed by atoms with Gasteiger partial charge in [-0.25, -0.2) is 22.0 Å². The van der Waals surface area contributed by atoms with Gasteiger partial charge >= 0.3 is 0 Å². The van der Waals surface area contributed by atoms with Gasteiger partial charge in [0.1, 0.15) is 12.2 Å². The van der Waals surface area contributed by atoms with Crippen LogP contribution < -0.4 is 5.32 Å². The SMILES string of the molecule is Cc1nn(CC(=O)Nc2c(F)c(F)c(F)c(F)c2F)c(C)c1Cl. The van der Waals surface area contributed by atoms with Crippen LogP contribution in [0.3, 0.4) is 0 Å². The molecule has 2 aromatic rings. The van der Waals surface area contributed by atoms with E-state index in [9.17, 15) is 26.7 Å². The Bertz CT molecular complexity index is 777. The molecule has 0 bridgehead atoms. The Labute approximate surface area is 131 Å². The summed E-state index contributed by atoms with van der Waals surface area (Å²) in [6.45, 7) is 2.61. The highest BCUT2D eigenvalue weighted by molar-refractivity contribution is 6.31. The zero-order valence-corrected chi connectivity index (χ0v) is 12.5. The van der Waals surface area contributed by atoms with Crippen LogP contribution in [0.2, 0.25) is 5.02 Å².